The van der Waals surface area contributed by atoms with Gasteiger partial charge in [0.15, 0.2) is 0 Å². The molecule has 3 nitrogen and oxygen atoms in total. The third-order valence-electron chi connectivity index (χ3n) is 3.95. The Kier molecular flexibility index (Phi) is 4.51. The highest BCUT2D eigenvalue weighted by atomic mass is 32.2. The Hall–Kier alpha value is -2.43. The zero-order valence-corrected chi connectivity index (χ0v) is 14.5. The fraction of sp³-hybridized carbons (Fsp3) is 0.100. The van der Waals surface area contributed by atoms with Gasteiger partial charge in [-0.25, -0.2) is 12.7 Å². The van der Waals surface area contributed by atoms with Crippen LogP contribution in [-0.4, -0.2) is 26.8 Å². The summed E-state index contributed by atoms with van der Waals surface area (Å²) in [5.41, 5.74) is 3.84. The molecule has 0 saturated heterocycles. The number of nitrogens with zero attached hydrogens (tertiary/aromatic N) is 1. The van der Waals surface area contributed by atoms with Gasteiger partial charge in [0.2, 0.25) is 10.0 Å². The van der Waals surface area contributed by atoms with Crippen molar-refractivity contribution < 1.29 is 8.42 Å². The minimum atomic E-state index is -3.48. The zero-order chi connectivity index (χ0) is 17.2. The minimum absolute atomic E-state index is 0.322. The normalized spacial score (nSPS) is 11.6. The van der Waals surface area contributed by atoms with Gasteiger partial charge in [-0.3, -0.25) is 0 Å². The van der Waals surface area contributed by atoms with Gasteiger partial charge in [-0.2, -0.15) is 0 Å². The van der Waals surface area contributed by atoms with Crippen molar-refractivity contribution in [1.29, 1.82) is 0 Å². The molecule has 0 atom stereocenters. The molecule has 0 radical (unpaired) electrons. The van der Waals surface area contributed by atoms with Crippen molar-refractivity contribution in [2.24, 2.45) is 0 Å². The van der Waals surface area contributed by atoms with Crippen molar-refractivity contribution in [3.05, 3.63) is 78.9 Å². The summed E-state index contributed by atoms with van der Waals surface area (Å²) in [7, 11) is -0.392. The Bertz CT molecular complexity index is 931. The van der Waals surface area contributed by atoms with Gasteiger partial charge in [0, 0.05) is 19.7 Å². The van der Waals surface area contributed by atoms with Crippen molar-refractivity contribution >= 4 is 10.0 Å². The molecule has 0 saturated carbocycles. The Morgan fingerprint density at radius 2 is 1.12 bits per heavy atom. The van der Waals surface area contributed by atoms with Crippen LogP contribution in [0.5, 0.6) is 0 Å². The van der Waals surface area contributed by atoms with Gasteiger partial charge >= 0.3 is 0 Å². The number of sulfonamides is 1. The molecule has 0 unspecified atom stereocenters. The first-order valence-corrected chi connectivity index (χ1v) is 9.11. The fourth-order valence-corrected chi connectivity index (χ4v) is 3.71. The van der Waals surface area contributed by atoms with E-state index in [0.717, 1.165) is 16.7 Å². The maximum Gasteiger partial charge on any atom is 0.243 e. The van der Waals surface area contributed by atoms with Crippen molar-refractivity contribution in [3.8, 4) is 22.3 Å². The van der Waals surface area contributed by atoms with Crippen LogP contribution in [0.1, 0.15) is 0 Å². The first-order chi connectivity index (χ1) is 11.5. The summed E-state index contributed by atoms with van der Waals surface area (Å²) < 4.78 is 26.3. The molecule has 0 aromatic heterocycles. The average molecular weight is 337 g/mol. The molecule has 3 aromatic rings. The van der Waals surface area contributed by atoms with E-state index in [0.29, 0.717) is 10.5 Å². The predicted molar refractivity (Wildman–Crippen MR) is 98.2 cm³/mol. The first-order valence-electron chi connectivity index (χ1n) is 7.67. The van der Waals surface area contributed by atoms with Crippen molar-refractivity contribution in [2.75, 3.05) is 14.1 Å². The van der Waals surface area contributed by atoms with E-state index in [4.69, 9.17) is 0 Å². The van der Waals surface area contributed by atoms with Crippen molar-refractivity contribution in [3.63, 3.8) is 0 Å². The fourth-order valence-electron chi connectivity index (χ4n) is 2.60. The molecular weight excluding hydrogens is 318 g/mol. The topological polar surface area (TPSA) is 37.4 Å². The molecule has 0 aliphatic carbocycles. The van der Waals surface area contributed by atoms with Gasteiger partial charge in [-0.1, -0.05) is 72.8 Å². The predicted octanol–water partition coefficient (Wildman–Crippen LogP) is 4.27. The van der Waals surface area contributed by atoms with Crippen molar-refractivity contribution in [2.45, 2.75) is 4.90 Å². The van der Waals surface area contributed by atoms with Gasteiger partial charge in [0.25, 0.3) is 0 Å². The monoisotopic (exact) mass is 337 g/mol. The Labute approximate surface area is 143 Å². The summed E-state index contributed by atoms with van der Waals surface area (Å²) in [5.74, 6) is 0. The summed E-state index contributed by atoms with van der Waals surface area (Å²) >= 11 is 0. The lowest BCUT2D eigenvalue weighted by Gasteiger charge is -2.15. The lowest BCUT2D eigenvalue weighted by molar-refractivity contribution is 0.521. The van der Waals surface area contributed by atoms with Crippen LogP contribution < -0.4 is 0 Å². The second kappa shape index (κ2) is 6.59. The van der Waals surface area contributed by atoms with Gasteiger partial charge in [-0.05, 0) is 22.8 Å². The molecule has 3 aromatic carbocycles. The number of benzene rings is 3. The molecule has 122 valence electrons. The summed E-state index contributed by atoms with van der Waals surface area (Å²) in [4.78, 5) is 0.322. The van der Waals surface area contributed by atoms with Crippen LogP contribution in [0.3, 0.4) is 0 Å². The van der Waals surface area contributed by atoms with Crippen LogP contribution in [0.25, 0.3) is 22.3 Å². The standard InChI is InChI=1S/C20H19NO2S/c1-21(2)24(22,23)20-11-7-6-10-19(20)18-14-12-17(13-15-18)16-8-4-3-5-9-16/h3-15H,1-2H3. The van der Waals surface area contributed by atoms with E-state index >= 15 is 0 Å². The van der Waals surface area contributed by atoms with Crippen molar-refractivity contribution in [1.82, 2.24) is 4.31 Å². The summed E-state index contributed by atoms with van der Waals surface area (Å²) in [6, 6.07) is 25.2. The highest BCUT2D eigenvalue weighted by Crippen LogP contribution is 2.30. The lowest BCUT2D eigenvalue weighted by Crippen LogP contribution is -2.22. The summed E-state index contributed by atoms with van der Waals surface area (Å²) in [6.45, 7) is 0. The van der Waals surface area contributed by atoms with Gasteiger partial charge in [-0.15, -0.1) is 0 Å². The van der Waals surface area contributed by atoms with E-state index in [2.05, 4.69) is 12.1 Å². The third-order valence-corrected chi connectivity index (χ3v) is 5.82. The zero-order valence-electron chi connectivity index (χ0n) is 13.7. The highest BCUT2D eigenvalue weighted by molar-refractivity contribution is 7.89. The first kappa shape index (κ1) is 16.4. The maximum absolute atomic E-state index is 12.5. The molecule has 0 heterocycles. The van der Waals surface area contributed by atoms with E-state index < -0.39 is 10.0 Å². The van der Waals surface area contributed by atoms with Crippen LogP contribution in [0, 0.1) is 0 Å². The molecule has 0 spiro atoms. The molecule has 0 fully saturated rings. The summed E-state index contributed by atoms with van der Waals surface area (Å²) in [6.07, 6.45) is 0. The molecule has 0 N–H and O–H groups in total. The molecule has 3 rings (SSSR count). The van der Waals surface area contributed by atoms with Crippen LogP contribution >= 0.6 is 0 Å². The lowest BCUT2D eigenvalue weighted by atomic mass is 10.0. The number of rotatable bonds is 4. The summed E-state index contributed by atoms with van der Waals surface area (Å²) in [5, 5.41) is 0. The van der Waals surface area contributed by atoms with Crippen LogP contribution in [0.15, 0.2) is 83.8 Å². The molecule has 0 amide bonds. The maximum atomic E-state index is 12.5. The highest BCUT2D eigenvalue weighted by Gasteiger charge is 2.21. The molecule has 24 heavy (non-hydrogen) atoms. The number of hydrogen-bond donors (Lipinski definition) is 0. The minimum Gasteiger partial charge on any atom is -0.207 e. The van der Waals surface area contributed by atoms with E-state index in [-0.39, 0.29) is 0 Å². The van der Waals surface area contributed by atoms with E-state index in [9.17, 15) is 8.42 Å². The van der Waals surface area contributed by atoms with E-state index in [1.165, 1.54) is 4.31 Å². The van der Waals surface area contributed by atoms with Gasteiger partial charge < -0.3 is 0 Å². The van der Waals surface area contributed by atoms with Gasteiger partial charge in [0.05, 0.1) is 4.90 Å². The SMILES string of the molecule is CN(C)S(=O)(=O)c1ccccc1-c1ccc(-c2ccccc2)cc1. The Balaban J connectivity index is 2.05. The number of hydrogen-bond acceptors (Lipinski definition) is 2. The van der Waals surface area contributed by atoms with E-state index in [1.807, 2.05) is 54.6 Å². The van der Waals surface area contributed by atoms with Gasteiger partial charge in [0.1, 0.15) is 0 Å². The van der Waals surface area contributed by atoms with Crippen LogP contribution in [0.2, 0.25) is 0 Å². The Morgan fingerprint density at radius 1 is 0.625 bits per heavy atom. The third kappa shape index (κ3) is 3.11. The van der Waals surface area contributed by atoms with E-state index in [1.54, 1.807) is 26.2 Å². The van der Waals surface area contributed by atoms with Crippen LogP contribution in [-0.2, 0) is 10.0 Å². The Morgan fingerprint density at radius 3 is 1.75 bits per heavy atom. The molecule has 4 heteroatoms. The second-order valence-electron chi connectivity index (χ2n) is 5.73. The molecule has 0 bridgehead atoms. The molecular formula is C20H19NO2S. The quantitative estimate of drug-likeness (QED) is 0.713. The average Bonchev–Trinajstić information content (AvgIpc) is 2.62. The molecule has 0 aliphatic heterocycles. The van der Waals surface area contributed by atoms with Crippen LogP contribution in [0.4, 0.5) is 0 Å². The second-order valence-corrected chi connectivity index (χ2v) is 7.85. The largest absolute Gasteiger partial charge is 0.243 e. The smallest absolute Gasteiger partial charge is 0.207 e. The molecule has 0 aliphatic rings.